The van der Waals surface area contributed by atoms with Crippen molar-refractivity contribution in [2.75, 3.05) is 23.3 Å². The lowest BCUT2D eigenvalue weighted by molar-refractivity contribution is -0.385. The summed E-state index contributed by atoms with van der Waals surface area (Å²) >= 11 is 0. The van der Waals surface area contributed by atoms with Crippen LogP contribution in [0.2, 0.25) is 0 Å². The van der Waals surface area contributed by atoms with Crippen molar-refractivity contribution in [3.05, 3.63) is 15.8 Å². The van der Waals surface area contributed by atoms with Crippen molar-refractivity contribution < 1.29 is 4.92 Å². The second kappa shape index (κ2) is 5.22. The van der Waals surface area contributed by atoms with Crippen LogP contribution in [-0.4, -0.2) is 33.5 Å². The fourth-order valence-corrected chi connectivity index (χ4v) is 2.69. The van der Waals surface area contributed by atoms with E-state index in [4.69, 9.17) is 0 Å². The van der Waals surface area contributed by atoms with Crippen LogP contribution in [0.3, 0.4) is 0 Å². The average molecular weight is 279 g/mol. The van der Waals surface area contributed by atoms with Gasteiger partial charge in [-0.15, -0.1) is 0 Å². The van der Waals surface area contributed by atoms with Gasteiger partial charge >= 0.3 is 5.69 Å². The van der Waals surface area contributed by atoms with Gasteiger partial charge in [0.1, 0.15) is 5.69 Å². The van der Waals surface area contributed by atoms with Crippen molar-refractivity contribution in [1.82, 2.24) is 9.97 Å². The molecule has 0 atom stereocenters. The predicted molar refractivity (Wildman–Crippen MR) is 78.2 cm³/mol. The number of anilines is 2. The molecular weight excluding hydrogens is 258 g/mol. The van der Waals surface area contributed by atoms with Crippen LogP contribution in [0.4, 0.5) is 17.5 Å². The molecule has 0 spiro atoms. The van der Waals surface area contributed by atoms with E-state index in [0.717, 1.165) is 19.4 Å². The monoisotopic (exact) mass is 279 g/mol. The Bertz CT molecular complexity index is 530. The molecule has 7 nitrogen and oxygen atoms in total. The lowest BCUT2D eigenvalue weighted by Gasteiger charge is -2.32. The summed E-state index contributed by atoms with van der Waals surface area (Å²) in [5.74, 6) is 0.884. The van der Waals surface area contributed by atoms with Gasteiger partial charge in [-0.05, 0) is 40.5 Å². The Morgan fingerprint density at radius 2 is 2.15 bits per heavy atom. The van der Waals surface area contributed by atoms with E-state index in [0.29, 0.717) is 24.0 Å². The minimum atomic E-state index is -0.380. The fourth-order valence-electron chi connectivity index (χ4n) is 2.69. The van der Waals surface area contributed by atoms with Gasteiger partial charge < -0.3 is 10.2 Å². The van der Waals surface area contributed by atoms with Gasteiger partial charge in [-0.2, -0.15) is 4.98 Å². The second-order valence-corrected chi connectivity index (χ2v) is 5.66. The molecule has 20 heavy (non-hydrogen) atoms. The molecule has 7 heteroatoms. The molecular formula is C13H21N5O2. The maximum atomic E-state index is 11.4. The lowest BCUT2D eigenvalue weighted by atomic mass is 10.0. The molecule has 0 unspecified atom stereocenters. The summed E-state index contributed by atoms with van der Waals surface area (Å²) in [5, 5.41) is 14.4. The van der Waals surface area contributed by atoms with E-state index in [-0.39, 0.29) is 16.1 Å². The van der Waals surface area contributed by atoms with E-state index in [1.165, 1.54) is 0 Å². The third kappa shape index (κ3) is 2.52. The molecule has 110 valence electrons. The Balaban J connectivity index is 2.56. The number of hydrogen-bond donors (Lipinski definition) is 1. The zero-order valence-electron chi connectivity index (χ0n) is 12.4. The molecule has 0 aliphatic carbocycles. The standard InChI is InChI=1S/C13H21N5O2/c1-5-14-12-15-9(2)10(18(19)20)11(16-12)17-8-6-7-13(17,3)4/h5-8H2,1-4H3,(H,14,15,16). The maximum Gasteiger partial charge on any atom is 0.332 e. The van der Waals surface area contributed by atoms with Gasteiger partial charge in [-0.25, -0.2) is 4.98 Å². The first-order valence-electron chi connectivity index (χ1n) is 6.91. The Hall–Kier alpha value is -1.92. The van der Waals surface area contributed by atoms with Crippen molar-refractivity contribution >= 4 is 17.5 Å². The molecule has 0 bridgehead atoms. The van der Waals surface area contributed by atoms with Crippen LogP contribution in [-0.2, 0) is 0 Å². The summed E-state index contributed by atoms with van der Waals surface area (Å²) in [6.07, 6.45) is 2.02. The number of nitrogens with one attached hydrogen (secondary N) is 1. The molecule has 1 N–H and O–H groups in total. The van der Waals surface area contributed by atoms with E-state index in [2.05, 4.69) is 29.1 Å². The molecule has 2 rings (SSSR count). The van der Waals surface area contributed by atoms with Crippen molar-refractivity contribution in [2.45, 2.75) is 46.1 Å². The molecule has 0 saturated carbocycles. The average Bonchev–Trinajstić information content (AvgIpc) is 2.67. The molecule has 1 fully saturated rings. The van der Waals surface area contributed by atoms with Crippen molar-refractivity contribution in [2.24, 2.45) is 0 Å². The fraction of sp³-hybridized carbons (Fsp3) is 0.692. The Labute approximate surface area is 118 Å². The normalized spacial score (nSPS) is 17.3. The summed E-state index contributed by atoms with van der Waals surface area (Å²) in [5.41, 5.74) is 0.301. The molecule has 1 saturated heterocycles. The number of nitrogens with zero attached hydrogens (tertiary/aromatic N) is 4. The van der Waals surface area contributed by atoms with Crippen LogP contribution in [0.1, 0.15) is 39.3 Å². The van der Waals surface area contributed by atoms with E-state index < -0.39 is 0 Å². The maximum absolute atomic E-state index is 11.4. The van der Waals surface area contributed by atoms with Gasteiger partial charge in [0.2, 0.25) is 11.8 Å². The van der Waals surface area contributed by atoms with Crippen molar-refractivity contribution in [3.63, 3.8) is 0 Å². The SMILES string of the molecule is CCNc1nc(C)c([N+](=O)[O-])c(N2CCCC2(C)C)n1. The largest absolute Gasteiger partial charge is 0.354 e. The third-order valence-electron chi connectivity index (χ3n) is 3.71. The molecule has 2 heterocycles. The number of aryl methyl sites for hydroxylation is 1. The highest BCUT2D eigenvalue weighted by molar-refractivity contribution is 5.64. The number of aromatic nitrogens is 2. The third-order valence-corrected chi connectivity index (χ3v) is 3.71. The van der Waals surface area contributed by atoms with Gasteiger partial charge in [0.15, 0.2) is 0 Å². The van der Waals surface area contributed by atoms with Crippen molar-refractivity contribution in [1.29, 1.82) is 0 Å². The van der Waals surface area contributed by atoms with Crippen LogP contribution >= 0.6 is 0 Å². The number of rotatable bonds is 4. The molecule has 0 aromatic carbocycles. The van der Waals surface area contributed by atoms with Gasteiger partial charge in [0.25, 0.3) is 0 Å². The summed E-state index contributed by atoms with van der Waals surface area (Å²) in [6, 6.07) is 0. The number of hydrogen-bond acceptors (Lipinski definition) is 6. The van der Waals surface area contributed by atoms with E-state index in [9.17, 15) is 10.1 Å². The minimum absolute atomic E-state index is 0.0154. The summed E-state index contributed by atoms with van der Waals surface area (Å²) in [4.78, 5) is 21.6. The van der Waals surface area contributed by atoms with Crippen LogP contribution < -0.4 is 10.2 Å². The van der Waals surface area contributed by atoms with Gasteiger partial charge in [0.05, 0.1) is 4.92 Å². The minimum Gasteiger partial charge on any atom is -0.354 e. The Morgan fingerprint density at radius 1 is 1.45 bits per heavy atom. The van der Waals surface area contributed by atoms with Crippen LogP contribution in [0.25, 0.3) is 0 Å². The van der Waals surface area contributed by atoms with E-state index in [1.54, 1.807) is 6.92 Å². The molecule has 1 aromatic heterocycles. The second-order valence-electron chi connectivity index (χ2n) is 5.66. The highest BCUT2D eigenvalue weighted by Crippen LogP contribution is 2.38. The topological polar surface area (TPSA) is 84.2 Å². The predicted octanol–water partition coefficient (Wildman–Crippen LogP) is 2.50. The van der Waals surface area contributed by atoms with Crippen LogP contribution in [0, 0.1) is 17.0 Å². The van der Waals surface area contributed by atoms with Gasteiger partial charge in [-0.3, -0.25) is 10.1 Å². The summed E-state index contributed by atoms with van der Waals surface area (Å²) in [7, 11) is 0. The quantitative estimate of drug-likeness (QED) is 0.673. The highest BCUT2D eigenvalue weighted by Gasteiger charge is 2.38. The molecule has 0 radical (unpaired) electrons. The summed E-state index contributed by atoms with van der Waals surface area (Å²) in [6.45, 7) is 9.25. The number of nitro groups is 1. The molecule has 0 amide bonds. The summed E-state index contributed by atoms with van der Waals surface area (Å²) < 4.78 is 0. The van der Waals surface area contributed by atoms with E-state index in [1.807, 2.05) is 11.8 Å². The Morgan fingerprint density at radius 3 is 2.65 bits per heavy atom. The first-order chi connectivity index (χ1) is 9.36. The lowest BCUT2D eigenvalue weighted by Crippen LogP contribution is -2.39. The molecule has 1 aliphatic rings. The zero-order chi connectivity index (χ0) is 14.9. The van der Waals surface area contributed by atoms with Crippen LogP contribution in [0.15, 0.2) is 0 Å². The van der Waals surface area contributed by atoms with E-state index >= 15 is 0 Å². The van der Waals surface area contributed by atoms with Crippen LogP contribution in [0.5, 0.6) is 0 Å². The first kappa shape index (κ1) is 14.5. The molecule has 1 aliphatic heterocycles. The van der Waals surface area contributed by atoms with Gasteiger partial charge in [-0.1, -0.05) is 0 Å². The zero-order valence-corrected chi connectivity index (χ0v) is 12.4. The van der Waals surface area contributed by atoms with Gasteiger partial charge in [0, 0.05) is 18.6 Å². The first-order valence-corrected chi connectivity index (χ1v) is 6.91. The molecule has 1 aromatic rings. The smallest absolute Gasteiger partial charge is 0.332 e. The van der Waals surface area contributed by atoms with Crippen molar-refractivity contribution in [3.8, 4) is 0 Å². The Kier molecular flexibility index (Phi) is 3.78. The highest BCUT2D eigenvalue weighted by atomic mass is 16.6.